The molecule has 6 rings (SSSR count). The van der Waals surface area contributed by atoms with Crippen molar-refractivity contribution < 1.29 is 37.1 Å². The van der Waals surface area contributed by atoms with Gasteiger partial charge in [0.1, 0.15) is 17.7 Å². The van der Waals surface area contributed by atoms with Gasteiger partial charge in [-0.25, -0.2) is 27.5 Å². The van der Waals surface area contributed by atoms with Gasteiger partial charge in [0.2, 0.25) is 5.91 Å². The van der Waals surface area contributed by atoms with E-state index in [-0.39, 0.29) is 53.4 Å². The number of nitrogens with one attached hydrogen (secondary N) is 1. The minimum absolute atomic E-state index is 0.00691. The molecular formula is C39H34F4N4O4S. The number of rotatable bonds is 10. The molecule has 2 N–H and O–H groups in total. The van der Waals surface area contributed by atoms with Crippen LogP contribution in [0.2, 0.25) is 0 Å². The molecule has 0 aliphatic carbocycles. The molecule has 0 radical (unpaired) electrons. The van der Waals surface area contributed by atoms with Crippen LogP contribution in [-0.2, 0) is 21.4 Å². The number of carboxylic acid groups (broad SMARTS) is 1. The number of halogens is 4. The molecule has 0 unspecified atom stereocenters. The molecule has 5 aromatic rings. The highest BCUT2D eigenvalue weighted by molar-refractivity contribution is 7.14. The van der Waals surface area contributed by atoms with Gasteiger partial charge in [-0.2, -0.15) is 0 Å². The Hall–Kier alpha value is -5.43. The van der Waals surface area contributed by atoms with Gasteiger partial charge in [-0.05, 0) is 40.8 Å². The number of carboxylic acids is 1. The molecule has 2 amide bonds. The van der Waals surface area contributed by atoms with Crippen molar-refractivity contribution in [3.63, 3.8) is 0 Å². The van der Waals surface area contributed by atoms with Crippen LogP contribution in [0.15, 0.2) is 85.2 Å². The number of thiophene rings is 1. The Morgan fingerprint density at radius 3 is 2.06 bits per heavy atom. The molecule has 0 saturated carbocycles. The highest BCUT2D eigenvalue weighted by Gasteiger charge is 2.39. The van der Waals surface area contributed by atoms with E-state index in [0.717, 1.165) is 28.6 Å². The summed E-state index contributed by atoms with van der Waals surface area (Å²) in [6, 6.07) is 16.9. The lowest BCUT2D eigenvalue weighted by atomic mass is 9.95. The molecule has 0 spiro atoms. The van der Waals surface area contributed by atoms with Crippen molar-refractivity contribution in [1.82, 2.24) is 20.2 Å². The zero-order chi connectivity index (χ0) is 37.3. The van der Waals surface area contributed by atoms with Crippen LogP contribution in [0, 0.1) is 17.6 Å². The van der Waals surface area contributed by atoms with E-state index < -0.39 is 41.6 Å². The van der Waals surface area contributed by atoms with Gasteiger partial charge in [-0.3, -0.25) is 14.4 Å². The van der Waals surface area contributed by atoms with Crippen LogP contribution in [0.25, 0.3) is 33.6 Å². The van der Waals surface area contributed by atoms with Crippen molar-refractivity contribution in [3.05, 3.63) is 118 Å². The van der Waals surface area contributed by atoms with Gasteiger partial charge in [0.25, 0.3) is 12.3 Å². The Balaban J connectivity index is 1.16. The highest BCUT2D eigenvalue weighted by atomic mass is 32.1. The molecule has 3 aromatic carbocycles. The molecule has 1 aliphatic rings. The van der Waals surface area contributed by atoms with Crippen LogP contribution < -0.4 is 5.32 Å². The number of nitrogens with zero attached hydrogens (tertiary/aromatic N) is 3. The van der Waals surface area contributed by atoms with E-state index in [0.29, 0.717) is 21.8 Å². The summed E-state index contributed by atoms with van der Waals surface area (Å²) >= 11 is 1.36. The number of aromatic nitrogens is 2. The molecule has 0 bridgehead atoms. The van der Waals surface area contributed by atoms with Gasteiger partial charge < -0.3 is 15.3 Å². The molecule has 13 heteroatoms. The summed E-state index contributed by atoms with van der Waals surface area (Å²) in [5, 5.41) is 12.2. The molecule has 3 heterocycles. The molecule has 1 saturated heterocycles. The third kappa shape index (κ3) is 7.89. The largest absolute Gasteiger partial charge is 0.481 e. The first kappa shape index (κ1) is 36.4. The molecule has 268 valence electrons. The van der Waals surface area contributed by atoms with Crippen molar-refractivity contribution in [2.75, 3.05) is 13.1 Å². The highest BCUT2D eigenvalue weighted by Crippen LogP contribution is 2.32. The maximum Gasteiger partial charge on any atom is 0.310 e. The number of carbonyl (C=O) groups excluding carboxylic acids is 2. The van der Waals surface area contributed by atoms with E-state index >= 15 is 4.39 Å². The summed E-state index contributed by atoms with van der Waals surface area (Å²) in [5.41, 5.74) is 1.49. The fraction of sp³-hybridized carbons (Fsp3) is 0.256. The monoisotopic (exact) mass is 730 g/mol. The zero-order valence-electron chi connectivity index (χ0n) is 28.4. The average molecular weight is 731 g/mol. The van der Waals surface area contributed by atoms with Crippen LogP contribution in [0.5, 0.6) is 0 Å². The first-order valence-corrected chi connectivity index (χ1v) is 17.2. The number of hydrogen-bond donors (Lipinski definition) is 2. The SMILES string of the molecule is CC(C)(C)c1ccc(C(=O)N[C@@H](Cc2ccc(-c3ncc(-c4ccc(-c5ccc(C(F)F)cc5F)cc4F)cn3)cc2)C(=O)N2CC(C(=O)O)C2)s1. The molecule has 1 fully saturated rings. The predicted octanol–water partition coefficient (Wildman–Crippen LogP) is 7.94. The molecule has 1 atom stereocenters. The minimum atomic E-state index is -2.82. The topological polar surface area (TPSA) is 112 Å². The standard InChI is InChI=1S/C39H34F4N4O4S/c1-39(2,3)33-13-12-32(52-33)36(48)46-31(37(49)47-19-26(20-47)38(50)51)14-21-4-6-22(7-5-21)35-44-17-25(18-45-35)28-10-8-23(15-29(28)40)27-11-9-24(34(42)43)16-30(27)41/h4-13,15-18,26,31,34H,14,19-20H2,1-3H3,(H,46,48)(H,50,51)/t31-/m0/s1. The van der Waals surface area contributed by atoms with Gasteiger partial charge in [-0.15, -0.1) is 11.3 Å². The van der Waals surface area contributed by atoms with Crippen molar-refractivity contribution in [2.45, 2.75) is 45.1 Å². The molecule has 1 aliphatic heterocycles. The summed E-state index contributed by atoms with van der Waals surface area (Å²) in [5.74, 6) is -3.57. The van der Waals surface area contributed by atoms with Crippen molar-refractivity contribution in [3.8, 4) is 33.6 Å². The first-order chi connectivity index (χ1) is 24.7. The summed E-state index contributed by atoms with van der Waals surface area (Å²) in [4.78, 5) is 49.8. The van der Waals surface area contributed by atoms with Gasteiger partial charge in [0, 0.05) is 64.6 Å². The fourth-order valence-electron chi connectivity index (χ4n) is 5.79. The summed E-state index contributed by atoms with van der Waals surface area (Å²) in [6.07, 6.45) is 0.233. The quantitative estimate of drug-likeness (QED) is 0.141. The minimum Gasteiger partial charge on any atom is -0.481 e. The van der Waals surface area contributed by atoms with Crippen LogP contribution in [0.4, 0.5) is 17.6 Å². The number of hydrogen-bond acceptors (Lipinski definition) is 6. The zero-order valence-corrected chi connectivity index (χ0v) is 29.2. The number of carbonyl (C=O) groups is 3. The third-order valence-corrected chi connectivity index (χ3v) is 10.4. The van der Waals surface area contributed by atoms with Crippen LogP contribution >= 0.6 is 11.3 Å². The number of benzene rings is 3. The average Bonchev–Trinajstić information content (AvgIpc) is 3.59. The lowest BCUT2D eigenvalue weighted by Gasteiger charge is -2.38. The normalized spacial score (nSPS) is 13.9. The smallest absolute Gasteiger partial charge is 0.310 e. The lowest BCUT2D eigenvalue weighted by molar-refractivity contribution is -0.153. The Morgan fingerprint density at radius 1 is 0.865 bits per heavy atom. The van der Waals surface area contributed by atoms with E-state index in [9.17, 15) is 32.7 Å². The van der Waals surface area contributed by atoms with Crippen LogP contribution in [-0.4, -0.2) is 56.9 Å². The second-order valence-corrected chi connectivity index (χ2v) is 14.7. The van der Waals surface area contributed by atoms with Crippen LogP contribution in [0.1, 0.15) is 52.9 Å². The van der Waals surface area contributed by atoms with E-state index in [1.807, 2.05) is 26.8 Å². The number of amides is 2. The Labute approximate surface area is 301 Å². The van der Waals surface area contributed by atoms with E-state index in [1.54, 1.807) is 30.3 Å². The van der Waals surface area contributed by atoms with Gasteiger partial charge >= 0.3 is 5.97 Å². The molecule has 52 heavy (non-hydrogen) atoms. The van der Waals surface area contributed by atoms with E-state index in [2.05, 4.69) is 15.3 Å². The Kier molecular flexibility index (Phi) is 10.3. The van der Waals surface area contributed by atoms with Gasteiger partial charge in [0.05, 0.1) is 10.8 Å². The number of likely N-dealkylation sites (tertiary alicyclic amines) is 1. The van der Waals surface area contributed by atoms with E-state index in [1.165, 1.54) is 46.8 Å². The van der Waals surface area contributed by atoms with E-state index in [4.69, 9.17) is 0 Å². The summed E-state index contributed by atoms with van der Waals surface area (Å²) in [6.45, 7) is 6.29. The molecular weight excluding hydrogens is 697 g/mol. The van der Waals surface area contributed by atoms with Crippen LogP contribution in [0.3, 0.4) is 0 Å². The molecule has 2 aromatic heterocycles. The van der Waals surface area contributed by atoms with Gasteiger partial charge in [-0.1, -0.05) is 69.3 Å². The lowest BCUT2D eigenvalue weighted by Crippen LogP contribution is -2.59. The second kappa shape index (κ2) is 14.7. The maximum atomic E-state index is 15.2. The predicted molar refractivity (Wildman–Crippen MR) is 189 cm³/mol. The number of alkyl halides is 2. The second-order valence-electron chi connectivity index (χ2n) is 13.6. The summed E-state index contributed by atoms with van der Waals surface area (Å²) < 4.78 is 55.5. The maximum absolute atomic E-state index is 15.2. The molecule has 8 nitrogen and oxygen atoms in total. The summed E-state index contributed by atoms with van der Waals surface area (Å²) in [7, 11) is 0. The number of aliphatic carboxylic acids is 1. The van der Waals surface area contributed by atoms with Crippen molar-refractivity contribution in [2.24, 2.45) is 5.92 Å². The van der Waals surface area contributed by atoms with Gasteiger partial charge in [0.15, 0.2) is 5.82 Å². The first-order valence-electron chi connectivity index (χ1n) is 16.4. The third-order valence-electron chi connectivity index (χ3n) is 8.85. The van der Waals surface area contributed by atoms with Crippen molar-refractivity contribution in [1.29, 1.82) is 0 Å². The Morgan fingerprint density at radius 2 is 1.48 bits per heavy atom. The Bertz CT molecular complexity index is 2130. The van der Waals surface area contributed by atoms with Crippen molar-refractivity contribution >= 4 is 29.1 Å². The fourth-order valence-corrected chi connectivity index (χ4v) is 6.75.